The van der Waals surface area contributed by atoms with Crippen LogP contribution in [0.3, 0.4) is 0 Å². The number of aliphatic hydroxyl groups excluding tert-OH is 1. The van der Waals surface area contributed by atoms with Crippen LogP contribution in [0, 0.1) is 0 Å². The lowest BCUT2D eigenvalue weighted by molar-refractivity contribution is 0.0323. The molecule has 0 saturated heterocycles. The average Bonchev–Trinajstić information content (AvgIpc) is 2.61. The van der Waals surface area contributed by atoms with Gasteiger partial charge in [-0.05, 0) is 18.4 Å². The van der Waals surface area contributed by atoms with Crippen LogP contribution in [0.25, 0.3) is 10.4 Å². The van der Waals surface area contributed by atoms with E-state index in [1.54, 1.807) is 0 Å². The van der Waals surface area contributed by atoms with Crippen molar-refractivity contribution >= 4 is 0 Å². The summed E-state index contributed by atoms with van der Waals surface area (Å²) >= 11 is 0. The van der Waals surface area contributed by atoms with E-state index in [0.29, 0.717) is 19.6 Å². The molecule has 0 unspecified atom stereocenters. The predicted molar refractivity (Wildman–Crippen MR) is 106 cm³/mol. The molecule has 5 nitrogen and oxygen atoms in total. The molecule has 0 fully saturated rings. The third kappa shape index (κ3) is 21.2. The van der Waals surface area contributed by atoms with Crippen LogP contribution in [0.1, 0.15) is 103 Å². The third-order valence-corrected chi connectivity index (χ3v) is 4.58. The van der Waals surface area contributed by atoms with Gasteiger partial charge in [0.25, 0.3) is 0 Å². The number of azide groups is 1. The first kappa shape index (κ1) is 24.2. The summed E-state index contributed by atoms with van der Waals surface area (Å²) in [5.41, 5.74) is 8.15. The summed E-state index contributed by atoms with van der Waals surface area (Å²) in [6.45, 7) is 3.67. The topological polar surface area (TPSA) is 78.2 Å². The summed E-state index contributed by atoms with van der Waals surface area (Å²) in [5.74, 6) is 0. The van der Waals surface area contributed by atoms with Gasteiger partial charge in [0.2, 0.25) is 0 Å². The van der Waals surface area contributed by atoms with E-state index < -0.39 is 6.10 Å². The summed E-state index contributed by atoms with van der Waals surface area (Å²) in [6.07, 6.45) is 18.9. The first-order valence-corrected chi connectivity index (χ1v) is 10.6. The van der Waals surface area contributed by atoms with Crippen LogP contribution in [0.15, 0.2) is 5.11 Å². The normalized spacial score (nSPS) is 12.1. The molecule has 0 aliphatic carbocycles. The second kappa shape index (κ2) is 21.3. The maximum Gasteiger partial charge on any atom is 0.0775 e. The Kier molecular flexibility index (Phi) is 20.6. The molecule has 0 amide bonds. The Morgan fingerprint density at radius 2 is 1.32 bits per heavy atom. The molecule has 1 N–H and O–H groups in total. The molecule has 25 heavy (non-hydrogen) atoms. The van der Waals surface area contributed by atoms with Gasteiger partial charge in [0, 0.05) is 18.1 Å². The molecule has 1 atom stereocenters. The Balaban J connectivity index is 3.08. The van der Waals surface area contributed by atoms with E-state index in [-0.39, 0.29) is 0 Å². The minimum atomic E-state index is -0.517. The smallest absolute Gasteiger partial charge is 0.0775 e. The molecule has 0 aliphatic rings. The molecule has 0 radical (unpaired) electrons. The van der Waals surface area contributed by atoms with E-state index in [0.717, 1.165) is 13.0 Å². The van der Waals surface area contributed by atoms with Crippen LogP contribution >= 0.6 is 0 Å². The Morgan fingerprint density at radius 3 is 1.80 bits per heavy atom. The molecule has 148 valence electrons. The van der Waals surface area contributed by atoms with E-state index in [2.05, 4.69) is 16.9 Å². The van der Waals surface area contributed by atoms with Gasteiger partial charge in [-0.1, -0.05) is 95.5 Å². The SMILES string of the molecule is CCCCCCCCCCCCCCCCOC[C@H](O)CCN=[N+]=[N-]. The zero-order valence-corrected chi connectivity index (χ0v) is 16.5. The van der Waals surface area contributed by atoms with E-state index in [1.165, 1.54) is 83.5 Å². The van der Waals surface area contributed by atoms with Crippen molar-refractivity contribution in [2.75, 3.05) is 19.8 Å². The fourth-order valence-electron chi connectivity index (χ4n) is 2.95. The van der Waals surface area contributed by atoms with Crippen molar-refractivity contribution in [1.82, 2.24) is 0 Å². The van der Waals surface area contributed by atoms with E-state index in [4.69, 9.17) is 10.3 Å². The first-order valence-electron chi connectivity index (χ1n) is 10.6. The third-order valence-electron chi connectivity index (χ3n) is 4.58. The molecule has 0 aromatic carbocycles. The van der Waals surface area contributed by atoms with Crippen LogP contribution < -0.4 is 0 Å². The van der Waals surface area contributed by atoms with Crippen LogP contribution in [-0.2, 0) is 4.74 Å². The number of hydrogen-bond acceptors (Lipinski definition) is 3. The number of aliphatic hydroxyl groups is 1. The minimum Gasteiger partial charge on any atom is -0.391 e. The summed E-state index contributed by atoms with van der Waals surface area (Å²) in [5, 5.41) is 13.0. The van der Waals surface area contributed by atoms with Gasteiger partial charge >= 0.3 is 0 Å². The Labute approximate surface area is 155 Å². The van der Waals surface area contributed by atoms with Crippen molar-refractivity contribution < 1.29 is 9.84 Å². The molecule has 0 aromatic rings. The van der Waals surface area contributed by atoms with E-state index in [9.17, 15) is 5.11 Å². The highest BCUT2D eigenvalue weighted by Crippen LogP contribution is 2.12. The van der Waals surface area contributed by atoms with Gasteiger partial charge in [-0.15, -0.1) is 0 Å². The molecule has 0 rings (SSSR count). The second-order valence-electron chi connectivity index (χ2n) is 7.07. The van der Waals surface area contributed by atoms with Gasteiger partial charge in [0.1, 0.15) is 0 Å². The highest BCUT2D eigenvalue weighted by atomic mass is 16.5. The molecular formula is C20H41N3O2. The second-order valence-corrected chi connectivity index (χ2v) is 7.07. The van der Waals surface area contributed by atoms with Crippen molar-refractivity contribution in [3.63, 3.8) is 0 Å². The van der Waals surface area contributed by atoms with Gasteiger partial charge in [-0.3, -0.25) is 0 Å². The molecular weight excluding hydrogens is 314 g/mol. The van der Waals surface area contributed by atoms with Crippen LogP contribution in [0.4, 0.5) is 0 Å². The molecule has 0 aromatic heterocycles. The largest absolute Gasteiger partial charge is 0.391 e. The number of unbranched alkanes of at least 4 members (excludes halogenated alkanes) is 13. The van der Waals surface area contributed by atoms with Crippen LogP contribution in [0.5, 0.6) is 0 Å². The standard InChI is InChI=1S/C20H41N3O2/c1-2-3-4-5-6-7-8-9-10-11-12-13-14-15-18-25-19-20(24)16-17-22-23-21/h20,24H,2-19H2,1H3/t20-/m1/s1. The van der Waals surface area contributed by atoms with Crippen molar-refractivity contribution in [2.45, 2.75) is 109 Å². The van der Waals surface area contributed by atoms with Crippen molar-refractivity contribution in [3.8, 4) is 0 Å². The van der Waals surface area contributed by atoms with Crippen LogP contribution in [-0.4, -0.2) is 31.0 Å². The Morgan fingerprint density at radius 1 is 0.840 bits per heavy atom. The zero-order chi connectivity index (χ0) is 18.4. The molecule has 0 aliphatic heterocycles. The number of nitrogens with zero attached hydrogens (tertiary/aromatic N) is 3. The number of ether oxygens (including phenoxy) is 1. The fraction of sp³-hybridized carbons (Fsp3) is 1.00. The van der Waals surface area contributed by atoms with Gasteiger partial charge in [0.15, 0.2) is 0 Å². The highest BCUT2D eigenvalue weighted by Gasteiger charge is 2.02. The number of hydrogen-bond donors (Lipinski definition) is 1. The van der Waals surface area contributed by atoms with E-state index >= 15 is 0 Å². The van der Waals surface area contributed by atoms with Crippen molar-refractivity contribution in [2.24, 2.45) is 5.11 Å². The monoisotopic (exact) mass is 355 g/mol. The molecule has 0 saturated carbocycles. The summed E-state index contributed by atoms with van der Waals surface area (Å²) in [4.78, 5) is 2.66. The summed E-state index contributed by atoms with van der Waals surface area (Å²) in [7, 11) is 0. The predicted octanol–water partition coefficient (Wildman–Crippen LogP) is 6.55. The molecule has 0 spiro atoms. The van der Waals surface area contributed by atoms with Gasteiger partial charge < -0.3 is 9.84 Å². The summed E-state index contributed by atoms with van der Waals surface area (Å²) < 4.78 is 5.45. The maximum atomic E-state index is 9.58. The molecule has 5 heteroatoms. The molecule has 0 bridgehead atoms. The Bertz CT molecular complexity index is 307. The van der Waals surface area contributed by atoms with Gasteiger partial charge in [0.05, 0.1) is 12.7 Å². The highest BCUT2D eigenvalue weighted by molar-refractivity contribution is 4.57. The van der Waals surface area contributed by atoms with Crippen molar-refractivity contribution in [3.05, 3.63) is 10.4 Å². The fourth-order valence-corrected chi connectivity index (χ4v) is 2.95. The van der Waals surface area contributed by atoms with Gasteiger partial charge in [-0.25, -0.2) is 0 Å². The quantitative estimate of drug-likeness (QED) is 0.116. The van der Waals surface area contributed by atoms with Crippen molar-refractivity contribution in [1.29, 1.82) is 0 Å². The Hall–Kier alpha value is -0.770. The lowest BCUT2D eigenvalue weighted by Crippen LogP contribution is -2.16. The first-order chi connectivity index (χ1) is 12.3. The maximum absolute atomic E-state index is 9.58. The van der Waals surface area contributed by atoms with Gasteiger partial charge in [-0.2, -0.15) is 0 Å². The number of rotatable bonds is 20. The van der Waals surface area contributed by atoms with E-state index in [1.807, 2.05) is 0 Å². The lowest BCUT2D eigenvalue weighted by atomic mass is 10.0. The summed E-state index contributed by atoms with van der Waals surface area (Å²) in [6, 6.07) is 0. The molecule has 0 heterocycles. The average molecular weight is 356 g/mol. The minimum absolute atomic E-state index is 0.333. The zero-order valence-electron chi connectivity index (χ0n) is 16.5. The lowest BCUT2D eigenvalue weighted by Gasteiger charge is -2.09. The van der Waals surface area contributed by atoms with Crippen LogP contribution in [0.2, 0.25) is 0 Å².